The van der Waals surface area contributed by atoms with Gasteiger partial charge in [0.15, 0.2) is 0 Å². The summed E-state index contributed by atoms with van der Waals surface area (Å²) in [5.41, 5.74) is 4.79. The predicted molar refractivity (Wildman–Crippen MR) is 128 cm³/mol. The van der Waals surface area contributed by atoms with E-state index in [4.69, 9.17) is 0 Å². The highest BCUT2D eigenvalue weighted by molar-refractivity contribution is 7.97. The Balaban J connectivity index is 1.54. The maximum atomic E-state index is 11.7. The van der Waals surface area contributed by atoms with Crippen LogP contribution in [-0.2, 0) is 11.2 Å². The van der Waals surface area contributed by atoms with Crippen LogP contribution in [0.3, 0.4) is 0 Å². The molecular weight excluding hydrogens is 390 g/mol. The average Bonchev–Trinajstić information content (AvgIpc) is 2.81. The lowest BCUT2D eigenvalue weighted by atomic mass is 10.0. The molecule has 1 aliphatic rings. The lowest BCUT2D eigenvalue weighted by Crippen LogP contribution is -2.28. The van der Waals surface area contributed by atoms with Crippen LogP contribution in [-0.4, -0.2) is 54.9 Å². The van der Waals surface area contributed by atoms with Gasteiger partial charge in [0.1, 0.15) is 0 Å². The number of carbonyl (C=O) groups excluding carboxylic acids is 1. The molecule has 30 heavy (non-hydrogen) atoms. The van der Waals surface area contributed by atoms with Crippen LogP contribution in [0.5, 0.6) is 0 Å². The number of hydrogen-bond donors (Lipinski definition) is 1. The summed E-state index contributed by atoms with van der Waals surface area (Å²) in [6.07, 6.45) is 3.93. The van der Waals surface area contributed by atoms with Gasteiger partial charge in [-0.05, 0) is 66.7 Å². The van der Waals surface area contributed by atoms with Gasteiger partial charge in [0.2, 0.25) is 5.91 Å². The van der Waals surface area contributed by atoms with Crippen LogP contribution in [0.1, 0.15) is 25.8 Å². The molecule has 0 aromatic heterocycles. The van der Waals surface area contributed by atoms with E-state index < -0.39 is 0 Å². The van der Waals surface area contributed by atoms with Gasteiger partial charge >= 0.3 is 0 Å². The fourth-order valence-electron chi connectivity index (χ4n) is 3.65. The normalized spacial score (nSPS) is 14.6. The molecule has 160 valence electrons. The van der Waals surface area contributed by atoms with Crippen molar-refractivity contribution in [3.05, 3.63) is 65.7 Å². The Morgan fingerprint density at radius 3 is 2.20 bits per heavy atom. The minimum Gasteiger partial charge on any atom is -0.355 e. The van der Waals surface area contributed by atoms with Crippen LogP contribution in [0.4, 0.5) is 0 Å². The molecule has 0 unspecified atom stereocenters. The fraction of sp³-hybridized carbons (Fsp3) is 0.400. The molecule has 0 fully saturated rings. The van der Waals surface area contributed by atoms with Crippen LogP contribution in [0, 0.1) is 0 Å². The van der Waals surface area contributed by atoms with Gasteiger partial charge in [0.25, 0.3) is 0 Å². The zero-order valence-electron chi connectivity index (χ0n) is 18.4. The molecule has 0 spiro atoms. The Bertz CT molecular complexity index is 842. The maximum Gasteiger partial charge on any atom is 0.246 e. The Labute approximate surface area is 185 Å². The number of nitrogens with one attached hydrogen (secondary N) is 1. The molecule has 2 aromatic carbocycles. The van der Waals surface area contributed by atoms with Gasteiger partial charge in [-0.1, -0.05) is 56.3 Å². The zero-order chi connectivity index (χ0) is 21.3. The lowest BCUT2D eigenvalue weighted by Gasteiger charge is -2.24. The Morgan fingerprint density at radius 1 is 1.03 bits per heavy atom. The summed E-state index contributed by atoms with van der Waals surface area (Å²) in [4.78, 5) is 15.4. The van der Waals surface area contributed by atoms with Crippen molar-refractivity contribution < 1.29 is 4.79 Å². The van der Waals surface area contributed by atoms with Crippen LogP contribution in [0.2, 0.25) is 0 Å². The number of hydrogen-bond acceptors (Lipinski definition) is 4. The Kier molecular flexibility index (Phi) is 8.55. The molecular formula is C25H33N3OS. The Morgan fingerprint density at radius 2 is 1.67 bits per heavy atom. The second-order valence-electron chi connectivity index (χ2n) is 7.54. The summed E-state index contributed by atoms with van der Waals surface area (Å²) in [5, 5.41) is 2.71. The zero-order valence-corrected chi connectivity index (χ0v) is 19.2. The molecule has 2 aromatic rings. The largest absolute Gasteiger partial charge is 0.355 e. The predicted octanol–water partition coefficient (Wildman–Crippen LogP) is 4.62. The van der Waals surface area contributed by atoms with Gasteiger partial charge < -0.3 is 10.2 Å². The van der Waals surface area contributed by atoms with Crippen molar-refractivity contribution in [3.8, 4) is 11.1 Å². The van der Waals surface area contributed by atoms with E-state index in [0.717, 1.165) is 51.1 Å². The summed E-state index contributed by atoms with van der Waals surface area (Å²) in [5.74, 6) is 0.0445. The minimum absolute atomic E-state index is 0.0445. The molecule has 0 atom stereocenters. The topological polar surface area (TPSA) is 35.6 Å². The summed E-state index contributed by atoms with van der Waals surface area (Å²) in [6.45, 7) is 9.47. The highest BCUT2D eigenvalue weighted by atomic mass is 32.2. The average molecular weight is 424 g/mol. The highest BCUT2D eigenvalue weighted by Gasteiger charge is 2.16. The molecule has 1 N–H and O–H groups in total. The highest BCUT2D eigenvalue weighted by Crippen LogP contribution is 2.28. The number of amides is 1. The van der Waals surface area contributed by atoms with Crippen LogP contribution >= 0.6 is 11.9 Å². The maximum absolute atomic E-state index is 11.7. The number of likely N-dealkylation sites (N-methyl/N-ethyl adjacent to an activating group) is 2. The number of rotatable bonds is 9. The molecule has 0 radical (unpaired) electrons. The van der Waals surface area contributed by atoms with Crippen molar-refractivity contribution in [2.45, 2.75) is 31.6 Å². The van der Waals surface area contributed by atoms with Crippen molar-refractivity contribution >= 4 is 17.9 Å². The second-order valence-corrected chi connectivity index (χ2v) is 8.71. The van der Waals surface area contributed by atoms with Crippen molar-refractivity contribution in [2.75, 3.05) is 39.8 Å². The van der Waals surface area contributed by atoms with Crippen LogP contribution in [0.15, 0.2) is 65.1 Å². The quantitative estimate of drug-likeness (QED) is 0.597. The third-order valence-corrected chi connectivity index (χ3v) is 6.75. The number of carbonyl (C=O) groups is 1. The first-order valence-corrected chi connectivity index (χ1v) is 11.7. The molecule has 1 heterocycles. The fourth-order valence-corrected chi connectivity index (χ4v) is 4.54. The van der Waals surface area contributed by atoms with Crippen LogP contribution in [0.25, 0.3) is 11.1 Å². The van der Waals surface area contributed by atoms with Gasteiger partial charge in [-0.25, -0.2) is 4.31 Å². The number of benzene rings is 2. The molecule has 4 nitrogen and oxygen atoms in total. The molecule has 0 bridgehead atoms. The minimum atomic E-state index is 0.0445. The second kappa shape index (κ2) is 11.3. The molecule has 1 amide bonds. The first-order valence-electron chi connectivity index (χ1n) is 10.9. The number of nitrogens with zero attached hydrogens (tertiary/aromatic N) is 2. The van der Waals surface area contributed by atoms with Gasteiger partial charge in [-0.15, -0.1) is 0 Å². The van der Waals surface area contributed by atoms with Crippen molar-refractivity contribution in [3.63, 3.8) is 0 Å². The van der Waals surface area contributed by atoms with E-state index in [1.807, 2.05) is 6.08 Å². The standard InChI is InChI=1S/C25H33N3OS/c1-4-27(5-2)17-14-20-6-8-21(9-7-20)22-10-12-24(13-11-22)30-28-18-15-23(16-19-28)25(29)26-3/h6-13,15H,4-5,14,16-19H2,1-3H3,(H,26,29). The summed E-state index contributed by atoms with van der Waals surface area (Å²) in [7, 11) is 1.69. The summed E-state index contributed by atoms with van der Waals surface area (Å²) in [6, 6.07) is 17.7. The monoisotopic (exact) mass is 423 g/mol. The van der Waals surface area contributed by atoms with E-state index in [-0.39, 0.29) is 5.91 Å². The van der Waals surface area contributed by atoms with Crippen molar-refractivity contribution in [1.29, 1.82) is 0 Å². The molecule has 0 saturated carbocycles. The van der Waals surface area contributed by atoms with Gasteiger partial charge in [-0.2, -0.15) is 0 Å². The first-order chi connectivity index (χ1) is 14.6. The molecule has 5 heteroatoms. The van der Waals surface area contributed by atoms with E-state index in [2.05, 4.69) is 76.9 Å². The van der Waals surface area contributed by atoms with Gasteiger partial charge in [-0.3, -0.25) is 4.79 Å². The molecule has 3 rings (SSSR count). The van der Waals surface area contributed by atoms with Gasteiger partial charge in [0.05, 0.1) is 0 Å². The van der Waals surface area contributed by atoms with Crippen molar-refractivity contribution in [2.24, 2.45) is 0 Å². The SMILES string of the molecule is CCN(CC)CCc1ccc(-c2ccc(SN3CC=C(C(=O)NC)CC3)cc2)cc1. The van der Waals surface area contributed by atoms with E-state index >= 15 is 0 Å². The van der Waals surface area contributed by atoms with Crippen molar-refractivity contribution in [1.82, 2.24) is 14.5 Å². The van der Waals surface area contributed by atoms with Gasteiger partial charge in [0, 0.05) is 37.2 Å². The first kappa shape index (κ1) is 22.6. The van der Waals surface area contributed by atoms with Crippen LogP contribution < -0.4 is 5.32 Å². The van der Waals surface area contributed by atoms with E-state index in [1.165, 1.54) is 21.6 Å². The third kappa shape index (κ3) is 6.21. The molecule has 0 saturated heterocycles. The molecule has 1 aliphatic heterocycles. The lowest BCUT2D eigenvalue weighted by molar-refractivity contribution is -0.117. The van der Waals surface area contributed by atoms with E-state index in [9.17, 15) is 4.79 Å². The summed E-state index contributed by atoms with van der Waals surface area (Å²) < 4.78 is 2.30. The molecule has 0 aliphatic carbocycles. The smallest absolute Gasteiger partial charge is 0.246 e. The Hall–Kier alpha value is -2.08. The van der Waals surface area contributed by atoms with E-state index in [1.54, 1.807) is 19.0 Å². The van der Waals surface area contributed by atoms with E-state index in [0.29, 0.717) is 0 Å². The summed E-state index contributed by atoms with van der Waals surface area (Å²) >= 11 is 1.76. The third-order valence-electron chi connectivity index (χ3n) is 5.68.